The molecule has 1 saturated carbocycles. The van der Waals surface area contributed by atoms with E-state index < -0.39 is 0 Å². The summed E-state index contributed by atoms with van der Waals surface area (Å²) in [5.74, 6) is 2.27. The Labute approximate surface area is 134 Å². The zero-order valence-electron chi connectivity index (χ0n) is 12.5. The van der Waals surface area contributed by atoms with Crippen LogP contribution < -0.4 is 14.8 Å². The molecule has 2 aromatic rings. The molecule has 0 spiro atoms. The van der Waals surface area contributed by atoms with Gasteiger partial charge in [-0.05, 0) is 42.1 Å². The first-order valence-corrected chi connectivity index (χ1v) is 8.24. The van der Waals surface area contributed by atoms with E-state index in [1.807, 2.05) is 30.3 Å². The third kappa shape index (κ3) is 3.60. The van der Waals surface area contributed by atoms with Crippen LogP contribution in [0.2, 0.25) is 0 Å². The first-order valence-electron chi connectivity index (χ1n) is 7.36. The number of ether oxygens (including phenoxy) is 2. The second-order valence-electron chi connectivity index (χ2n) is 5.28. The average Bonchev–Trinajstić information content (AvgIpc) is 3.17. The van der Waals surface area contributed by atoms with E-state index in [0.717, 1.165) is 17.9 Å². The highest BCUT2D eigenvalue weighted by Crippen LogP contribution is 2.49. The van der Waals surface area contributed by atoms with Crippen LogP contribution in [0.3, 0.4) is 0 Å². The lowest BCUT2D eigenvalue weighted by molar-refractivity contribution is -0.122. The van der Waals surface area contributed by atoms with Gasteiger partial charge in [0, 0.05) is 16.7 Å². The quantitative estimate of drug-likeness (QED) is 0.799. The van der Waals surface area contributed by atoms with Crippen molar-refractivity contribution in [2.75, 3.05) is 20.3 Å². The number of hydrogen-bond donors (Lipinski definition) is 1. The Morgan fingerprint density at radius 2 is 2.05 bits per heavy atom. The SMILES string of the molecule is COc1ccc(OCCNC(=O)C2CC2c2cccs2)cc1. The third-order valence-corrected chi connectivity index (χ3v) is 4.77. The summed E-state index contributed by atoms with van der Waals surface area (Å²) in [6.07, 6.45) is 0.964. The van der Waals surface area contributed by atoms with Crippen molar-refractivity contribution in [3.8, 4) is 11.5 Å². The van der Waals surface area contributed by atoms with Gasteiger partial charge in [-0.1, -0.05) is 6.07 Å². The summed E-state index contributed by atoms with van der Waals surface area (Å²) in [5, 5.41) is 5.01. The van der Waals surface area contributed by atoms with E-state index in [2.05, 4.69) is 16.8 Å². The number of thiophene rings is 1. The highest BCUT2D eigenvalue weighted by molar-refractivity contribution is 7.10. The van der Waals surface area contributed by atoms with Crippen LogP contribution in [0.4, 0.5) is 0 Å². The molecular formula is C17H19NO3S. The van der Waals surface area contributed by atoms with E-state index in [4.69, 9.17) is 9.47 Å². The zero-order chi connectivity index (χ0) is 15.4. The predicted molar refractivity (Wildman–Crippen MR) is 86.7 cm³/mol. The van der Waals surface area contributed by atoms with Crippen LogP contribution in [0.25, 0.3) is 0 Å². The van der Waals surface area contributed by atoms with Crippen LogP contribution in [0, 0.1) is 5.92 Å². The molecule has 2 atom stereocenters. The summed E-state index contributed by atoms with van der Waals surface area (Å²) in [4.78, 5) is 13.3. The lowest BCUT2D eigenvalue weighted by Crippen LogP contribution is -2.29. The summed E-state index contributed by atoms with van der Waals surface area (Å²) in [6.45, 7) is 0.993. The highest BCUT2D eigenvalue weighted by Gasteiger charge is 2.44. The van der Waals surface area contributed by atoms with E-state index in [1.54, 1.807) is 18.4 Å². The van der Waals surface area contributed by atoms with Crippen molar-refractivity contribution < 1.29 is 14.3 Å². The largest absolute Gasteiger partial charge is 0.497 e. The van der Waals surface area contributed by atoms with Crippen molar-refractivity contribution in [1.82, 2.24) is 5.32 Å². The minimum Gasteiger partial charge on any atom is -0.497 e. The Bertz CT molecular complexity index is 609. The summed E-state index contributed by atoms with van der Waals surface area (Å²) in [7, 11) is 1.63. The molecule has 2 unspecified atom stereocenters. The smallest absolute Gasteiger partial charge is 0.223 e. The fourth-order valence-corrected chi connectivity index (χ4v) is 3.35. The second-order valence-corrected chi connectivity index (χ2v) is 6.26. The molecule has 1 heterocycles. The topological polar surface area (TPSA) is 47.6 Å². The van der Waals surface area contributed by atoms with Crippen LogP contribution in [-0.4, -0.2) is 26.2 Å². The Kier molecular flexibility index (Phi) is 4.63. The molecule has 4 nitrogen and oxygen atoms in total. The predicted octanol–water partition coefficient (Wildman–Crippen LogP) is 3.06. The molecule has 1 aliphatic rings. The lowest BCUT2D eigenvalue weighted by Gasteiger charge is -2.08. The van der Waals surface area contributed by atoms with Crippen molar-refractivity contribution in [2.45, 2.75) is 12.3 Å². The summed E-state index contributed by atoms with van der Waals surface area (Å²) in [5.41, 5.74) is 0. The van der Waals surface area contributed by atoms with Crippen molar-refractivity contribution in [1.29, 1.82) is 0 Å². The lowest BCUT2D eigenvalue weighted by atomic mass is 10.2. The summed E-state index contributed by atoms with van der Waals surface area (Å²) >= 11 is 1.73. The molecule has 1 fully saturated rings. The Balaban J connectivity index is 1.36. The maximum atomic E-state index is 12.0. The maximum absolute atomic E-state index is 12.0. The van der Waals surface area contributed by atoms with Gasteiger partial charge in [0.2, 0.25) is 5.91 Å². The maximum Gasteiger partial charge on any atom is 0.223 e. The molecule has 22 heavy (non-hydrogen) atoms. The molecule has 0 bridgehead atoms. The van der Waals surface area contributed by atoms with E-state index in [-0.39, 0.29) is 11.8 Å². The van der Waals surface area contributed by atoms with Gasteiger partial charge in [-0.2, -0.15) is 0 Å². The minimum absolute atomic E-state index is 0.136. The standard InChI is InChI=1S/C17H19NO3S/c1-20-12-4-6-13(7-5-12)21-9-8-18-17(19)15-11-14(15)16-3-2-10-22-16/h2-7,10,14-15H,8-9,11H2,1H3,(H,18,19). The van der Waals surface area contributed by atoms with Crippen LogP contribution in [0.15, 0.2) is 41.8 Å². The van der Waals surface area contributed by atoms with Gasteiger partial charge in [-0.15, -0.1) is 11.3 Å². The first kappa shape index (κ1) is 14.9. The van der Waals surface area contributed by atoms with Crippen LogP contribution in [-0.2, 0) is 4.79 Å². The monoisotopic (exact) mass is 317 g/mol. The number of methoxy groups -OCH3 is 1. The molecule has 1 amide bonds. The number of carbonyl (C=O) groups is 1. The van der Waals surface area contributed by atoms with E-state index >= 15 is 0 Å². The molecule has 0 aliphatic heterocycles. The van der Waals surface area contributed by atoms with Crippen LogP contribution >= 0.6 is 11.3 Å². The molecule has 116 valence electrons. The number of hydrogen-bond acceptors (Lipinski definition) is 4. The molecular weight excluding hydrogens is 298 g/mol. The van der Waals surface area contributed by atoms with E-state index in [9.17, 15) is 4.79 Å². The molecule has 1 N–H and O–H groups in total. The molecule has 1 aliphatic carbocycles. The number of amides is 1. The average molecular weight is 317 g/mol. The van der Waals surface area contributed by atoms with Gasteiger partial charge in [0.25, 0.3) is 0 Å². The zero-order valence-corrected chi connectivity index (χ0v) is 13.3. The molecule has 1 aromatic heterocycles. The molecule has 5 heteroatoms. The van der Waals surface area contributed by atoms with E-state index in [0.29, 0.717) is 19.1 Å². The van der Waals surface area contributed by atoms with Crippen molar-refractivity contribution in [3.05, 3.63) is 46.7 Å². The Morgan fingerprint density at radius 3 is 2.73 bits per heavy atom. The molecule has 1 aromatic carbocycles. The van der Waals surface area contributed by atoms with Crippen molar-refractivity contribution >= 4 is 17.2 Å². The normalized spacial score (nSPS) is 19.5. The van der Waals surface area contributed by atoms with Crippen LogP contribution in [0.5, 0.6) is 11.5 Å². The van der Waals surface area contributed by atoms with Gasteiger partial charge in [0.1, 0.15) is 18.1 Å². The highest BCUT2D eigenvalue weighted by atomic mass is 32.1. The van der Waals surface area contributed by atoms with Crippen molar-refractivity contribution in [2.24, 2.45) is 5.92 Å². The fraction of sp³-hybridized carbons (Fsp3) is 0.353. The number of rotatable bonds is 7. The molecule has 0 radical (unpaired) electrons. The van der Waals surface area contributed by atoms with Crippen molar-refractivity contribution in [3.63, 3.8) is 0 Å². The van der Waals surface area contributed by atoms with Gasteiger partial charge in [-0.3, -0.25) is 4.79 Å². The van der Waals surface area contributed by atoms with Gasteiger partial charge >= 0.3 is 0 Å². The Morgan fingerprint density at radius 1 is 1.27 bits per heavy atom. The number of carbonyl (C=O) groups excluding carboxylic acids is 1. The van der Waals surface area contributed by atoms with Gasteiger partial charge in [0.15, 0.2) is 0 Å². The minimum atomic E-state index is 0.136. The van der Waals surface area contributed by atoms with Gasteiger partial charge in [-0.25, -0.2) is 0 Å². The number of benzene rings is 1. The second kappa shape index (κ2) is 6.83. The Hall–Kier alpha value is -2.01. The van der Waals surface area contributed by atoms with Gasteiger partial charge in [0.05, 0.1) is 13.7 Å². The van der Waals surface area contributed by atoms with E-state index in [1.165, 1.54) is 4.88 Å². The summed E-state index contributed by atoms with van der Waals surface area (Å²) < 4.78 is 10.7. The molecule has 0 saturated heterocycles. The van der Waals surface area contributed by atoms with Crippen LogP contribution in [0.1, 0.15) is 17.2 Å². The van der Waals surface area contributed by atoms with Gasteiger partial charge < -0.3 is 14.8 Å². The first-order chi connectivity index (χ1) is 10.8. The molecule has 3 rings (SSSR count). The summed E-state index contributed by atoms with van der Waals surface area (Å²) in [6, 6.07) is 11.6. The fourth-order valence-electron chi connectivity index (χ4n) is 2.45. The third-order valence-electron chi connectivity index (χ3n) is 3.77. The number of nitrogens with one attached hydrogen (secondary N) is 1.